The molecule has 0 bridgehead atoms. The van der Waals surface area contributed by atoms with Gasteiger partial charge >= 0.3 is 0 Å². The predicted molar refractivity (Wildman–Crippen MR) is 95.0 cm³/mol. The average molecular weight is 343 g/mol. The van der Waals surface area contributed by atoms with E-state index in [-0.39, 0.29) is 5.56 Å². The third-order valence-electron chi connectivity index (χ3n) is 4.04. The molecule has 0 radical (unpaired) electrons. The van der Waals surface area contributed by atoms with Crippen LogP contribution in [0.5, 0.6) is 0 Å². The summed E-state index contributed by atoms with van der Waals surface area (Å²) >= 11 is 12.3. The zero-order valence-corrected chi connectivity index (χ0v) is 13.6. The second-order valence-corrected chi connectivity index (χ2v) is 6.34. The van der Waals surface area contributed by atoms with Gasteiger partial charge in [-0.15, -0.1) is 0 Å². The van der Waals surface area contributed by atoms with Crippen molar-refractivity contribution in [2.75, 3.05) is 0 Å². The third-order valence-corrected chi connectivity index (χ3v) is 4.62. The molecular weight excluding hydrogens is 331 g/mol. The van der Waals surface area contributed by atoms with Gasteiger partial charge in [-0.05, 0) is 47.9 Å². The highest BCUT2D eigenvalue weighted by Gasteiger charge is 2.21. The lowest BCUT2D eigenvalue weighted by Crippen LogP contribution is -2.20. The van der Waals surface area contributed by atoms with Crippen LogP contribution in [0.25, 0.3) is 22.6 Å². The van der Waals surface area contributed by atoms with E-state index in [1.807, 2.05) is 30.3 Å². The zero-order chi connectivity index (χ0) is 16.0. The summed E-state index contributed by atoms with van der Waals surface area (Å²) in [7, 11) is 0. The first-order valence-electron chi connectivity index (χ1n) is 7.29. The van der Waals surface area contributed by atoms with E-state index in [4.69, 9.17) is 23.2 Å². The number of rotatable bonds is 1. The van der Waals surface area contributed by atoms with Crippen LogP contribution in [0.1, 0.15) is 17.8 Å². The van der Waals surface area contributed by atoms with Crippen molar-refractivity contribution in [1.82, 2.24) is 9.55 Å². The average Bonchev–Trinajstić information content (AvgIpc) is 2.93. The number of allylic oxidation sites excluding steroid dienone is 1. The molecule has 1 aromatic heterocycles. The standard InChI is InChI=1S/C18H12Cl2N2O/c19-13-5-6-14-16(10-13)21-17-12(7-8-22(17)18(14)23)9-11-3-1-2-4-15(11)20/h1-6,9-10H,7-8H2/b12-9+. The van der Waals surface area contributed by atoms with Crippen LogP contribution in [0, 0.1) is 0 Å². The minimum atomic E-state index is -0.0239. The van der Waals surface area contributed by atoms with E-state index in [9.17, 15) is 4.79 Å². The van der Waals surface area contributed by atoms with Gasteiger partial charge in [-0.3, -0.25) is 9.36 Å². The van der Waals surface area contributed by atoms with Crippen LogP contribution in [0.2, 0.25) is 10.0 Å². The van der Waals surface area contributed by atoms with Gasteiger partial charge in [0.25, 0.3) is 5.56 Å². The second kappa shape index (κ2) is 5.52. The van der Waals surface area contributed by atoms with Crippen molar-refractivity contribution in [1.29, 1.82) is 0 Å². The number of benzene rings is 2. The smallest absolute Gasteiger partial charge is 0.261 e. The number of hydrogen-bond acceptors (Lipinski definition) is 2. The van der Waals surface area contributed by atoms with Crippen LogP contribution >= 0.6 is 23.2 Å². The van der Waals surface area contributed by atoms with Gasteiger partial charge in [0.2, 0.25) is 0 Å². The van der Waals surface area contributed by atoms with E-state index in [2.05, 4.69) is 4.98 Å². The lowest BCUT2D eigenvalue weighted by molar-refractivity contribution is 0.725. The Balaban J connectivity index is 1.93. The van der Waals surface area contributed by atoms with Crippen molar-refractivity contribution in [3.8, 4) is 0 Å². The molecule has 4 rings (SSSR count). The van der Waals surface area contributed by atoms with Gasteiger partial charge in [-0.25, -0.2) is 4.98 Å². The highest BCUT2D eigenvalue weighted by Crippen LogP contribution is 2.29. The van der Waals surface area contributed by atoms with Gasteiger partial charge in [-0.1, -0.05) is 41.4 Å². The Morgan fingerprint density at radius 1 is 1.13 bits per heavy atom. The van der Waals surface area contributed by atoms with Crippen molar-refractivity contribution in [3.05, 3.63) is 74.3 Å². The van der Waals surface area contributed by atoms with Gasteiger partial charge in [0, 0.05) is 16.6 Å². The maximum absolute atomic E-state index is 12.6. The van der Waals surface area contributed by atoms with E-state index in [0.717, 1.165) is 17.6 Å². The molecule has 0 N–H and O–H groups in total. The van der Waals surface area contributed by atoms with Crippen LogP contribution in [-0.2, 0) is 6.54 Å². The maximum Gasteiger partial charge on any atom is 0.261 e. The molecule has 3 nitrogen and oxygen atoms in total. The second-order valence-electron chi connectivity index (χ2n) is 5.49. The molecule has 1 aliphatic heterocycles. The molecule has 0 aliphatic carbocycles. The Bertz CT molecular complexity index is 1020. The number of nitrogens with zero attached hydrogens (tertiary/aromatic N) is 2. The monoisotopic (exact) mass is 342 g/mol. The fourth-order valence-electron chi connectivity index (χ4n) is 2.91. The van der Waals surface area contributed by atoms with Crippen molar-refractivity contribution in [2.45, 2.75) is 13.0 Å². The van der Waals surface area contributed by atoms with Crippen LogP contribution < -0.4 is 5.56 Å². The van der Waals surface area contributed by atoms with Gasteiger partial charge in [-0.2, -0.15) is 0 Å². The summed E-state index contributed by atoms with van der Waals surface area (Å²) in [5, 5.41) is 1.85. The van der Waals surface area contributed by atoms with Gasteiger partial charge < -0.3 is 0 Å². The summed E-state index contributed by atoms with van der Waals surface area (Å²) in [6.45, 7) is 0.635. The minimum absolute atomic E-state index is 0.0239. The highest BCUT2D eigenvalue weighted by molar-refractivity contribution is 6.32. The molecule has 2 heterocycles. The van der Waals surface area contributed by atoms with Crippen molar-refractivity contribution >= 4 is 45.8 Å². The molecule has 0 amide bonds. The SMILES string of the molecule is O=c1c2ccc(Cl)cc2nc2n1CC/C2=C\c1ccccc1Cl. The van der Waals surface area contributed by atoms with E-state index in [1.54, 1.807) is 22.8 Å². The molecule has 0 fully saturated rings. The first-order valence-corrected chi connectivity index (χ1v) is 8.04. The Labute approximate surface area is 142 Å². The lowest BCUT2D eigenvalue weighted by atomic mass is 10.1. The van der Waals surface area contributed by atoms with E-state index in [0.29, 0.717) is 33.3 Å². The molecule has 0 unspecified atom stereocenters. The topological polar surface area (TPSA) is 34.9 Å². The summed E-state index contributed by atoms with van der Waals surface area (Å²) < 4.78 is 1.72. The quantitative estimate of drug-likeness (QED) is 0.645. The third kappa shape index (κ3) is 2.46. The molecule has 2 aromatic carbocycles. The molecule has 0 saturated heterocycles. The Morgan fingerprint density at radius 3 is 2.78 bits per heavy atom. The van der Waals surface area contributed by atoms with Crippen LogP contribution in [0.15, 0.2) is 47.3 Å². The van der Waals surface area contributed by atoms with Crippen LogP contribution in [0.4, 0.5) is 0 Å². The first-order chi connectivity index (χ1) is 11.1. The Kier molecular flexibility index (Phi) is 3.47. The predicted octanol–water partition coefficient (Wildman–Crippen LogP) is 4.65. The van der Waals surface area contributed by atoms with Crippen molar-refractivity contribution in [3.63, 3.8) is 0 Å². The number of fused-ring (bicyclic) bond motifs is 2. The molecular formula is C18H12Cl2N2O. The molecule has 23 heavy (non-hydrogen) atoms. The van der Waals surface area contributed by atoms with Gasteiger partial charge in [0.05, 0.1) is 10.9 Å². The number of hydrogen-bond donors (Lipinski definition) is 0. The summed E-state index contributed by atoms with van der Waals surface area (Å²) in [5.41, 5.74) is 2.54. The zero-order valence-electron chi connectivity index (χ0n) is 12.1. The number of aromatic nitrogens is 2. The van der Waals surface area contributed by atoms with Crippen LogP contribution in [-0.4, -0.2) is 9.55 Å². The van der Waals surface area contributed by atoms with E-state index in [1.165, 1.54) is 0 Å². The lowest BCUT2D eigenvalue weighted by Gasteiger charge is -2.06. The van der Waals surface area contributed by atoms with Crippen LogP contribution in [0.3, 0.4) is 0 Å². The fourth-order valence-corrected chi connectivity index (χ4v) is 3.26. The summed E-state index contributed by atoms with van der Waals surface area (Å²) in [5.74, 6) is 0.699. The summed E-state index contributed by atoms with van der Waals surface area (Å²) in [6, 6.07) is 12.8. The molecule has 0 spiro atoms. The first kappa shape index (κ1) is 14.5. The van der Waals surface area contributed by atoms with Gasteiger partial charge in [0.15, 0.2) is 0 Å². The van der Waals surface area contributed by atoms with Crippen molar-refractivity contribution < 1.29 is 0 Å². The van der Waals surface area contributed by atoms with Crippen molar-refractivity contribution in [2.24, 2.45) is 0 Å². The molecule has 3 aromatic rings. The summed E-state index contributed by atoms with van der Waals surface area (Å²) in [4.78, 5) is 17.3. The molecule has 1 aliphatic rings. The Morgan fingerprint density at radius 2 is 1.96 bits per heavy atom. The van der Waals surface area contributed by atoms with E-state index >= 15 is 0 Å². The van der Waals surface area contributed by atoms with Gasteiger partial charge in [0.1, 0.15) is 5.82 Å². The minimum Gasteiger partial charge on any atom is -0.292 e. The normalized spacial score (nSPS) is 15.3. The molecule has 5 heteroatoms. The maximum atomic E-state index is 12.6. The Hall–Kier alpha value is -2.10. The fraction of sp³-hybridized carbons (Fsp3) is 0.111. The molecule has 0 atom stereocenters. The largest absolute Gasteiger partial charge is 0.292 e. The highest BCUT2D eigenvalue weighted by atomic mass is 35.5. The summed E-state index contributed by atoms with van der Waals surface area (Å²) in [6.07, 6.45) is 2.77. The molecule has 114 valence electrons. The number of halogens is 2. The van der Waals surface area contributed by atoms with E-state index < -0.39 is 0 Å². The molecule has 0 saturated carbocycles.